The highest BCUT2D eigenvalue weighted by Gasteiger charge is 2.43. The van der Waals surface area contributed by atoms with Crippen LogP contribution in [-0.2, 0) is 33.3 Å². The van der Waals surface area contributed by atoms with E-state index in [-0.39, 0.29) is 31.4 Å². The van der Waals surface area contributed by atoms with Gasteiger partial charge >= 0.3 is 12.1 Å². The van der Waals surface area contributed by atoms with Crippen LogP contribution in [0.25, 0.3) is 0 Å². The number of Topliss-reactive ketones (excluding diaryl/α,β-unsaturated/α-hetero) is 1. The smallest absolute Gasteiger partial charge is 0.422 e. The van der Waals surface area contributed by atoms with E-state index in [1.807, 2.05) is 5.32 Å². The number of ether oxygens (including phenoxy) is 1. The Bertz CT molecular complexity index is 1360. The molecule has 202 valence electrons. The highest BCUT2D eigenvalue weighted by molar-refractivity contribution is 6.05. The first-order valence-corrected chi connectivity index (χ1v) is 11.3. The second-order valence-electron chi connectivity index (χ2n) is 8.75. The summed E-state index contributed by atoms with van der Waals surface area (Å²) >= 11 is 0. The molecule has 1 atom stereocenters. The molecule has 1 fully saturated rings. The molecule has 2 aromatic rings. The number of benzene rings is 2. The van der Waals surface area contributed by atoms with Gasteiger partial charge in [-0.25, -0.2) is 4.39 Å². The molecule has 0 aliphatic carbocycles. The quantitative estimate of drug-likeness (QED) is 0.404. The van der Waals surface area contributed by atoms with Crippen LogP contribution in [0.2, 0.25) is 0 Å². The lowest BCUT2D eigenvalue weighted by Gasteiger charge is -2.29. The normalized spacial score (nSPS) is 20.2. The van der Waals surface area contributed by atoms with Gasteiger partial charge in [-0.2, -0.15) is 22.0 Å². The van der Waals surface area contributed by atoms with E-state index in [0.717, 1.165) is 4.90 Å². The molecule has 4 rings (SSSR count). The number of alkyl halides is 5. The topological polar surface area (TPSA) is 92.8 Å². The average molecular weight is 543 g/mol. The van der Waals surface area contributed by atoms with Crippen LogP contribution in [0.4, 0.5) is 26.3 Å². The van der Waals surface area contributed by atoms with Crippen LogP contribution in [0.15, 0.2) is 36.4 Å². The Balaban J connectivity index is 1.47. The average Bonchev–Trinajstić information content (AvgIpc) is 3.19. The third kappa shape index (κ3) is 5.65. The number of halogens is 6. The molecule has 0 saturated carbocycles. The summed E-state index contributed by atoms with van der Waals surface area (Å²) in [4.78, 5) is 50.0. The maximum Gasteiger partial charge on any atom is 0.422 e. The Morgan fingerprint density at radius 2 is 1.84 bits per heavy atom. The number of piperidine rings is 1. The molecule has 1 N–H and O–H groups in total. The summed E-state index contributed by atoms with van der Waals surface area (Å²) < 4.78 is 93.7. The number of aryl methyl sites for hydroxylation is 1. The van der Waals surface area contributed by atoms with Crippen molar-refractivity contribution in [2.45, 2.75) is 50.3 Å². The molecule has 0 bridgehead atoms. The SMILES string of the molecule is [2H]C1(N2Cc3cc(CCC(=O)C(F)(F)c4ccc(F)cc4OCC(F)(F)F)ccc3C2=O)CCC(=O)NC1=O. The monoisotopic (exact) mass is 543 g/mol. The summed E-state index contributed by atoms with van der Waals surface area (Å²) in [5.41, 5.74) is -0.292. The van der Waals surface area contributed by atoms with Gasteiger partial charge < -0.3 is 9.64 Å². The number of carbonyl (C=O) groups is 4. The molecular weight excluding hydrogens is 522 g/mol. The van der Waals surface area contributed by atoms with Crippen LogP contribution in [0.1, 0.15) is 47.7 Å². The minimum atomic E-state index is -4.88. The van der Waals surface area contributed by atoms with Gasteiger partial charge in [-0.1, -0.05) is 12.1 Å². The zero-order valence-electron chi connectivity index (χ0n) is 20.5. The van der Waals surface area contributed by atoms with Gasteiger partial charge in [0, 0.05) is 31.0 Å². The van der Waals surface area contributed by atoms with E-state index >= 15 is 0 Å². The van der Waals surface area contributed by atoms with Crippen LogP contribution in [0.5, 0.6) is 5.75 Å². The van der Waals surface area contributed by atoms with Crippen molar-refractivity contribution >= 4 is 23.5 Å². The van der Waals surface area contributed by atoms with Crippen molar-refractivity contribution in [2.24, 2.45) is 0 Å². The van der Waals surface area contributed by atoms with Crippen LogP contribution in [0, 0.1) is 5.82 Å². The lowest BCUT2D eigenvalue weighted by Crippen LogP contribution is -2.52. The number of rotatable bonds is 8. The number of hydrogen-bond donors (Lipinski definition) is 1. The van der Waals surface area contributed by atoms with E-state index < -0.39 is 71.8 Å². The van der Waals surface area contributed by atoms with Crippen LogP contribution >= 0.6 is 0 Å². The first kappa shape index (κ1) is 25.7. The summed E-state index contributed by atoms with van der Waals surface area (Å²) in [7, 11) is 0. The Morgan fingerprint density at radius 3 is 2.53 bits per heavy atom. The third-order valence-corrected chi connectivity index (χ3v) is 6.07. The molecule has 3 amide bonds. The van der Waals surface area contributed by atoms with Gasteiger partial charge in [0.1, 0.15) is 17.6 Å². The molecule has 2 aliphatic rings. The second kappa shape index (κ2) is 10.1. The van der Waals surface area contributed by atoms with Gasteiger partial charge in [0.15, 0.2) is 6.61 Å². The molecule has 38 heavy (non-hydrogen) atoms. The lowest BCUT2D eigenvalue weighted by molar-refractivity contribution is -0.155. The first-order valence-electron chi connectivity index (χ1n) is 11.8. The van der Waals surface area contributed by atoms with Gasteiger partial charge in [0.05, 0.1) is 6.93 Å². The fourth-order valence-corrected chi connectivity index (χ4v) is 4.21. The van der Waals surface area contributed by atoms with Gasteiger partial charge in [-0.05, 0) is 42.2 Å². The Morgan fingerprint density at radius 1 is 1.11 bits per heavy atom. The zero-order chi connectivity index (χ0) is 28.8. The summed E-state index contributed by atoms with van der Waals surface area (Å²) in [6, 6.07) is 3.62. The van der Waals surface area contributed by atoms with Gasteiger partial charge in [-0.3, -0.25) is 24.5 Å². The molecule has 0 aromatic heterocycles. The molecule has 13 heteroatoms. The Hall–Kier alpha value is -3.90. The highest BCUT2D eigenvalue weighted by atomic mass is 19.4. The third-order valence-electron chi connectivity index (χ3n) is 6.07. The molecule has 1 saturated heterocycles. The molecule has 2 aliphatic heterocycles. The van der Waals surface area contributed by atoms with Gasteiger partial charge in [0.25, 0.3) is 5.91 Å². The number of nitrogens with one attached hydrogen (secondary N) is 1. The highest BCUT2D eigenvalue weighted by Crippen LogP contribution is 2.38. The van der Waals surface area contributed by atoms with E-state index in [1.165, 1.54) is 18.2 Å². The van der Waals surface area contributed by atoms with Gasteiger partial charge in [-0.15, -0.1) is 0 Å². The molecular formula is C25H20F6N2O5. The number of amides is 3. The number of fused-ring (bicyclic) bond motifs is 1. The van der Waals surface area contributed by atoms with Crippen LogP contribution < -0.4 is 10.1 Å². The number of nitrogens with zero attached hydrogens (tertiary/aromatic N) is 1. The Labute approximate surface area is 213 Å². The summed E-state index contributed by atoms with van der Waals surface area (Å²) in [5.74, 6) is -10.3. The van der Waals surface area contributed by atoms with E-state index in [2.05, 4.69) is 4.74 Å². The van der Waals surface area contributed by atoms with E-state index in [1.54, 1.807) is 0 Å². The van der Waals surface area contributed by atoms with E-state index in [4.69, 9.17) is 1.37 Å². The maximum atomic E-state index is 14.9. The van der Waals surface area contributed by atoms with Crippen LogP contribution in [0.3, 0.4) is 0 Å². The lowest BCUT2D eigenvalue weighted by atomic mass is 9.97. The standard InChI is InChI=1S/C25H20F6N2O5/c26-15-3-5-17(19(10-15)38-12-24(27,28)29)25(30,31)20(34)7-2-13-1-4-16-14(9-13)11-33(23(16)37)18-6-8-21(35)32-22(18)36/h1,3-5,9-10,18H,2,6-8,11-12H2,(H,32,35,36)/i18D. The number of ketones is 1. The van der Waals surface area contributed by atoms with Crippen molar-refractivity contribution in [2.75, 3.05) is 6.61 Å². The summed E-state index contributed by atoms with van der Waals surface area (Å²) in [5, 5.41) is 2.03. The van der Waals surface area contributed by atoms with E-state index in [0.29, 0.717) is 29.3 Å². The van der Waals surface area contributed by atoms with Crippen molar-refractivity contribution in [1.29, 1.82) is 0 Å². The summed E-state index contributed by atoms with van der Waals surface area (Å²) in [6.07, 6.45) is -6.21. The predicted molar refractivity (Wildman–Crippen MR) is 118 cm³/mol. The van der Waals surface area contributed by atoms with Crippen molar-refractivity contribution < 1.29 is 51.6 Å². The van der Waals surface area contributed by atoms with Crippen molar-refractivity contribution in [3.05, 3.63) is 64.5 Å². The first-order chi connectivity index (χ1) is 18.1. The predicted octanol–water partition coefficient (Wildman–Crippen LogP) is 3.82. The fourth-order valence-electron chi connectivity index (χ4n) is 4.21. The molecule has 2 aromatic carbocycles. The minimum absolute atomic E-state index is 0.131. The summed E-state index contributed by atoms with van der Waals surface area (Å²) in [6.45, 7) is -2.12. The Kier molecular flexibility index (Phi) is 6.84. The molecule has 2 heterocycles. The van der Waals surface area contributed by atoms with E-state index in [9.17, 15) is 45.5 Å². The van der Waals surface area contributed by atoms with Crippen LogP contribution in [-0.4, -0.2) is 47.2 Å². The largest absolute Gasteiger partial charge is 0.483 e. The minimum Gasteiger partial charge on any atom is -0.483 e. The van der Waals surface area contributed by atoms with Gasteiger partial charge in [0.2, 0.25) is 17.6 Å². The second-order valence-corrected chi connectivity index (χ2v) is 8.75. The number of carbonyl (C=O) groups excluding carboxylic acids is 4. The van der Waals surface area contributed by atoms with Crippen molar-refractivity contribution in [3.63, 3.8) is 0 Å². The maximum absolute atomic E-state index is 14.9. The molecule has 0 radical (unpaired) electrons. The zero-order valence-corrected chi connectivity index (χ0v) is 19.5. The molecule has 1 unspecified atom stereocenters. The van der Waals surface area contributed by atoms with Crippen molar-refractivity contribution in [1.82, 2.24) is 10.2 Å². The number of hydrogen-bond acceptors (Lipinski definition) is 5. The molecule has 7 nitrogen and oxygen atoms in total. The molecule has 0 spiro atoms. The van der Waals surface area contributed by atoms with Crippen molar-refractivity contribution in [3.8, 4) is 5.75 Å². The fraction of sp³-hybridized carbons (Fsp3) is 0.360. The number of imide groups is 1.